The molecule has 2 aromatic rings. The number of pyridine rings is 1. The zero-order chi connectivity index (χ0) is 14.0. The quantitative estimate of drug-likeness (QED) is 0.762. The summed E-state index contributed by atoms with van der Waals surface area (Å²) < 4.78 is 26.9. The summed E-state index contributed by atoms with van der Waals surface area (Å²) >= 11 is 0. The predicted molar refractivity (Wildman–Crippen MR) is 71.0 cm³/mol. The fourth-order valence-electron chi connectivity index (χ4n) is 1.73. The van der Waals surface area contributed by atoms with E-state index in [-0.39, 0.29) is 10.7 Å². The van der Waals surface area contributed by atoms with Gasteiger partial charge >= 0.3 is 0 Å². The van der Waals surface area contributed by atoms with Gasteiger partial charge in [-0.15, -0.1) is 0 Å². The SMILES string of the molecule is Cc1n[nH]c(C)c1S(=O)(=O)Nc1ccc(CN)cn1. The molecule has 0 fully saturated rings. The van der Waals surface area contributed by atoms with Crippen LogP contribution in [0.1, 0.15) is 17.0 Å². The summed E-state index contributed by atoms with van der Waals surface area (Å²) in [6.07, 6.45) is 1.53. The second-order valence-electron chi connectivity index (χ2n) is 4.12. The van der Waals surface area contributed by atoms with Crippen LogP contribution in [-0.4, -0.2) is 23.6 Å². The number of rotatable bonds is 4. The van der Waals surface area contributed by atoms with Crippen LogP contribution in [0.2, 0.25) is 0 Å². The molecule has 8 heteroatoms. The van der Waals surface area contributed by atoms with E-state index in [0.717, 1.165) is 5.56 Å². The Morgan fingerprint density at radius 3 is 2.58 bits per heavy atom. The zero-order valence-corrected chi connectivity index (χ0v) is 11.5. The van der Waals surface area contributed by atoms with Crippen molar-refractivity contribution in [2.24, 2.45) is 5.73 Å². The summed E-state index contributed by atoms with van der Waals surface area (Å²) in [6, 6.07) is 3.30. The second kappa shape index (κ2) is 4.98. The van der Waals surface area contributed by atoms with Crippen molar-refractivity contribution < 1.29 is 8.42 Å². The second-order valence-corrected chi connectivity index (χ2v) is 5.74. The average Bonchev–Trinajstić information content (AvgIpc) is 2.70. The highest BCUT2D eigenvalue weighted by atomic mass is 32.2. The fourth-order valence-corrected chi connectivity index (χ4v) is 3.11. The molecule has 2 aromatic heterocycles. The first-order valence-electron chi connectivity index (χ1n) is 5.63. The number of hydrogen-bond donors (Lipinski definition) is 3. The maximum absolute atomic E-state index is 12.2. The van der Waals surface area contributed by atoms with Gasteiger partial charge in [-0.2, -0.15) is 5.10 Å². The lowest BCUT2D eigenvalue weighted by atomic mass is 10.3. The van der Waals surface area contributed by atoms with Crippen LogP contribution in [0.4, 0.5) is 5.82 Å². The van der Waals surface area contributed by atoms with E-state index in [2.05, 4.69) is 19.9 Å². The zero-order valence-electron chi connectivity index (χ0n) is 10.6. The van der Waals surface area contributed by atoms with E-state index in [4.69, 9.17) is 5.73 Å². The molecule has 0 aliphatic carbocycles. The number of nitrogens with two attached hydrogens (primary N) is 1. The Morgan fingerprint density at radius 1 is 1.37 bits per heavy atom. The molecule has 0 saturated heterocycles. The number of aryl methyl sites for hydroxylation is 2. The van der Waals surface area contributed by atoms with Crippen molar-refractivity contribution in [3.05, 3.63) is 35.3 Å². The summed E-state index contributed by atoms with van der Waals surface area (Å²) in [5, 5.41) is 6.51. The van der Waals surface area contributed by atoms with Gasteiger partial charge in [0.05, 0.1) is 11.4 Å². The Bertz CT molecular complexity index is 656. The van der Waals surface area contributed by atoms with Gasteiger partial charge in [-0.25, -0.2) is 13.4 Å². The molecular formula is C11H15N5O2S. The van der Waals surface area contributed by atoms with Gasteiger partial charge in [0, 0.05) is 12.7 Å². The number of nitrogens with zero attached hydrogens (tertiary/aromatic N) is 2. The highest BCUT2D eigenvalue weighted by Gasteiger charge is 2.22. The lowest BCUT2D eigenvalue weighted by Crippen LogP contribution is -2.15. The minimum absolute atomic E-state index is 0.150. The number of nitrogens with one attached hydrogen (secondary N) is 2. The molecule has 0 saturated carbocycles. The van der Waals surface area contributed by atoms with E-state index in [1.165, 1.54) is 6.20 Å². The molecule has 19 heavy (non-hydrogen) atoms. The number of H-pyrrole nitrogens is 1. The number of anilines is 1. The highest BCUT2D eigenvalue weighted by molar-refractivity contribution is 7.92. The molecule has 0 amide bonds. The van der Waals surface area contributed by atoms with E-state index in [0.29, 0.717) is 17.9 Å². The third-order valence-electron chi connectivity index (χ3n) is 2.63. The Labute approximate surface area is 111 Å². The molecule has 0 unspecified atom stereocenters. The van der Waals surface area contributed by atoms with E-state index in [1.807, 2.05) is 0 Å². The summed E-state index contributed by atoms with van der Waals surface area (Å²) in [5.74, 6) is 0.247. The number of aromatic nitrogens is 3. The molecule has 0 spiro atoms. The van der Waals surface area contributed by atoms with Gasteiger partial charge in [0.2, 0.25) is 0 Å². The molecule has 0 aliphatic heterocycles. The van der Waals surface area contributed by atoms with Gasteiger partial charge < -0.3 is 5.73 Å². The lowest BCUT2D eigenvalue weighted by molar-refractivity contribution is 0.600. The third kappa shape index (κ3) is 2.74. The van der Waals surface area contributed by atoms with Gasteiger partial charge in [0.15, 0.2) is 0 Å². The van der Waals surface area contributed by atoms with Gasteiger partial charge in [-0.05, 0) is 25.5 Å². The largest absolute Gasteiger partial charge is 0.326 e. The first-order valence-corrected chi connectivity index (χ1v) is 7.11. The highest BCUT2D eigenvalue weighted by Crippen LogP contribution is 2.19. The number of aromatic amines is 1. The monoisotopic (exact) mass is 281 g/mol. The maximum Gasteiger partial charge on any atom is 0.266 e. The van der Waals surface area contributed by atoms with E-state index < -0.39 is 10.0 Å². The normalized spacial score (nSPS) is 11.5. The fraction of sp³-hybridized carbons (Fsp3) is 0.273. The van der Waals surface area contributed by atoms with Crippen molar-refractivity contribution in [1.82, 2.24) is 15.2 Å². The summed E-state index contributed by atoms with van der Waals surface area (Å²) in [4.78, 5) is 4.15. The predicted octanol–water partition coefficient (Wildman–Crippen LogP) is 0.681. The van der Waals surface area contributed by atoms with Crippen molar-refractivity contribution >= 4 is 15.8 Å². The molecule has 102 valence electrons. The van der Waals surface area contributed by atoms with Gasteiger partial charge in [-0.3, -0.25) is 9.82 Å². The standard InChI is InChI=1S/C11H15N5O2S/c1-7-11(8(2)15-14-7)19(17,18)16-10-4-3-9(5-12)6-13-10/h3-4,6H,5,12H2,1-2H3,(H,13,16)(H,14,15). The van der Waals surface area contributed by atoms with E-state index >= 15 is 0 Å². The van der Waals surface area contributed by atoms with Crippen LogP contribution in [-0.2, 0) is 16.6 Å². The summed E-state index contributed by atoms with van der Waals surface area (Å²) in [5.41, 5.74) is 7.19. The van der Waals surface area contributed by atoms with Crippen molar-refractivity contribution in [3.63, 3.8) is 0 Å². The topological polar surface area (TPSA) is 114 Å². The minimum atomic E-state index is -3.69. The van der Waals surface area contributed by atoms with Crippen molar-refractivity contribution in [2.75, 3.05) is 4.72 Å². The Hall–Kier alpha value is -1.93. The number of hydrogen-bond acceptors (Lipinski definition) is 5. The Balaban J connectivity index is 2.31. The molecule has 0 aliphatic rings. The molecule has 0 atom stereocenters. The van der Waals surface area contributed by atoms with Crippen LogP contribution >= 0.6 is 0 Å². The Kier molecular flexibility index (Phi) is 3.54. The van der Waals surface area contributed by atoms with E-state index in [1.54, 1.807) is 26.0 Å². The minimum Gasteiger partial charge on any atom is -0.326 e. The van der Waals surface area contributed by atoms with Crippen molar-refractivity contribution in [2.45, 2.75) is 25.3 Å². The molecule has 2 heterocycles. The molecule has 0 bridgehead atoms. The lowest BCUT2D eigenvalue weighted by Gasteiger charge is -2.07. The first kappa shape index (κ1) is 13.5. The molecule has 0 radical (unpaired) electrons. The van der Waals surface area contributed by atoms with Gasteiger partial charge in [-0.1, -0.05) is 6.07 Å². The van der Waals surface area contributed by atoms with Gasteiger partial charge in [0.1, 0.15) is 10.7 Å². The average molecular weight is 281 g/mol. The first-order chi connectivity index (χ1) is 8.94. The summed E-state index contributed by atoms with van der Waals surface area (Å²) in [7, 11) is -3.69. The maximum atomic E-state index is 12.2. The van der Waals surface area contributed by atoms with Crippen molar-refractivity contribution in [3.8, 4) is 0 Å². The Morgan fingerprint density at radius 2 is 2.11 bits per heavy atom. The van der Waals surface area contributed by atoms with Crippen molar-refractivity contribution in [1.29, 1.82) is 0 Å². The van der Waals surface area contributed by atoms with E-state index in [9.17, 15) is 8.42 Å². The number of sulfonamides is 1. The smallest absolute Gasteiger partial charge is 0.266 e. The van der Waals surface area contributed by atoms with Crippen LogP contribution in [0, 0.1) is 13.8 Å². The van der Waals surface area contributed by atoms with Crippen LogP contribution in [0.5, 0.6) is 0 Å². The third-order valence-corrected chi connectivity index (χ3v) is 4.25. The molecule has 2 rings (SSSR count). The van der Waals surface area contributed by atoms with Crippen LogP contribution in [0.25, 0.3) is 0 Å². The molecule has 4 N–H and O–H groups in total. The van der Waals surface area contributed by atoms with Gasteiger partial charge in [0.25, 0.3) is 10.0 Å². The van der Waals surface area contributed by atoms with Crippen LogP contribution in [0.3, 0.4) is 0 Å². The molecule has 7 nitrogen and oxygen atoms in total. The van der Waals surface area contributed by atoms with Crippen LogP contribution in [0.15, 0.2) is 23.2 Å². The molecular weight excluding hydrogens is 266 g/mol. The molecule has 0 aromatic carbocycles. The van der Waals surface area contributed by atoms with Crippen LogP contribution < -0.4 is 10.5 Å². The summed E-state index contributed by atoms with van der Waals surface area (Å²) in [6.45, 7) is 3.64.